The van der Waals surface area contributed by atoms with Gasteiger partial charge in [0.25, 0.3) is 11.8 Å². The van der Waals surface area contributed by atoms with Gasteiger partial charge in [0.05, 0.1) is 13.2 Å². The smallest absolute Gasteiger partial charge is 0.290 e. The standard InChI is InChI=1S/C9H15F2NO4/c1-16-7-2-3-12(5-9(7,10)11)8(15)6(14)4-13/h6-7,13-14H,2-5H2,1H3/t6-,7-/m0/s1. The van der Waals surface area contributed by atoms with Crippen molar-refractivity contribution in [2.24, 2.45) is 0 Å². The molecule has 1 saturated heterocycles. The number of carbonyl (C=O) groups is 1. The van der Waals surface area contributed by atoms with E-state index in [0.717, 1.165) is 4.90 Å². The number of hydrogen-bond acceptors (Lipinski definition) is 4. The Morgan fingerprint density at radius 1 is 1.69 bits per heavy atom. The van der Waals surface area contributed by atoms with Gasteiger partial charge in [-0.1, -0.05) is 0 Å². The molecule has 1 heterocycles. The molecule has 5 nitrogen and oxygen atoms in total. The van der Waals surface area contributed by atoms with Gasteiger partial charge in [0.2, 0.25) is 0 Å². The van der Waals surface area contributed by atoms with Crippen LogP contribution in [0.4, 0.5) is 8.78 Å². The lowest BCUT2D eigenvalue weighted by atomic mass is 10.0. The van der Waals surface area contributed by atoms with Crippen LogP contribution in [0.25, 0.3) is 0 Å². The zero-order valence-corrected chi connectivity index (χ0v) is 8.90. The van der Waals surface area contributed by atoms with Crippen molar-refractivity contribution in [3.8, 4) is 0 Å². The summed E-state index contributed by atoms with van der Waals surface area (Å²) in [6, 6.07) is 0. The Kier molecular flexibility index (Phi) is 4.17. The molecule has 16 heavy (non-hydrogen) atoms. The van der Waals surface area contributed by atoms with E-state index in [2.05, 4.69) is 4.74 Å². The number of likely N-dealkylation sites (tertiary alicyclic amines) is 1. The van der Waals surface area contributed by atoms with Gasteiger partial charge in [-0.15, -0.1) is 0 Å². The second-order valence-electron chi connectivity index (χ2n) is 3.73. The molecule has 0 aromatic carbocycles. The molecule has 0 saturated carbocycles. The molecular formula is C9H15F2NO4. The number of aliphatic hydroxyl groups is 2. The van der Waals surface area contributed by atoms with Crippen LogP contribution in [0.2, 0.25) is 0 Å². The molecule has 2 atom stereocenters. The average Bonchev–Trinajstić information content (AvgIpc) is 2.25. The summed E-state index contributed by atoms with van der Waals surface area (Å²) in [5.74, 6) is -4.01. The van der Waals surface area contributed by atoms with E-state index >= 15 is 0 Å². The molecule has 0 spiro atoms. The number of ether oxygens (including phenoxy) is 1. The van der Waals surface area contributed by atoms with Crippen molar-refractivity contribution in [1.82, 2.24) is 4.90 Å². The Morgan fingerprint density at radius 2 is 2.31 bits per heavy atom. The summed E-state index contributed by atoms with van der Waals surface area (Å²) in [5, 5.41) is 17.6. The molecule has 1 rings (SSSR count). The van der Waals surface area contributed by atoms with Crippen LogP contribution in [0.1, 0.15) is 6.42 Å². The van der Waals surface area contributed by atoms with E-state index in [4.69, 9.17) is 10.2 Å². The topological polar surface area (TPSA) is 70.0 Å². The van der Waals surface area contributed by atoms with Gasteiger partial charge in [-0.25, -0.2) is 8.78 Å². The van der Waals surface area contributed by atoms with E-state index in [9.17, 15) is 13.6 Å². The van der Waals surface area contributed by atoms with Gasteiger partial charge in [-0.3, -0.25) is 4.79 Å². The van der Waals surface area contributed by atoms with E-state index < -0.39 is 37.2 Å². The number of nitrogens with zero attached hydrogens (tertiary/aromatic N) is 1. The van der Waals surface area contributed by atoms with Crippen LogP contribution in [-0.4, -0.2) is 66.0 Å². The highest BCUT2D eigenvalue weighted by molar-refractivity contribution is 5.81. The molecule has 0 unspecified atom stereocenters. The monoisotopic (exact) mass is 239 g/mol. The first-order chi connectivity index (χ1) is 7.42. The predicted molar refractivity (Wildman–Crippen MR) is 50.0 cm³/mol. The summed E-state index contributed by atoms with van der Waals surface area (Å²) in [6.45, 7) is -1.47. The van der Waals surface area contributed by atoms with Gasteiger partial charge in [0, 0.05) is 13.7 Å². The quantitative estimate of drug-likeness (QED) is 0.678. The zero-order valence-electron chi connectivity index (χ0n) is 8.90. The van der Waals surface area contributed by atoms with Crippen LogP contribution >= 0.6 is 0 Å². The van der Waals surface area contributed by atoms with Crippen LogP contribution in [0, 0.1) is 0 Å². The average molecular weight is 239 g/mol. The lowest BCUT2D eigenvalue weighted by Crippen LogP contribution is -2.56. The highest BCUT2D eigenvalue weighted by atomic mass is 19.3. The van der Waals surface area contributed by atoms with Gasteiger partial charge in [0.15, 0.2) is 6.10 Å². The Hall–Kier alpha value is -0.790. The Balaban J connectivity index is 2.65. The normalized spacial score (nSPS) is 26.6. The van der Waals surface area contributed by atoms with Gasteiger partial charge >= 0.3 is 0 Å². The molecule has 2 N–H and O–H groups in total. The minimum atomic E-state index is -3.13. The van der Waals surface area contributed by atoms with E-state index in [1.54, 1.807) is 0 Å². The number of alkyl halides is 2. The van der Waals surface area contributed by atoms with Gasteiger partial charge in [-0.2, -0.15) is 0 Å². The molecule has 94 valence electrons. The number of hydrogen-bond donors (Lipinski definition) is 2. The summed E-state index contributed by atoms with van der Waals surface area (Å²) >= 11 is 0. The first-order valence-corrected chi connectivity index (χ1v) is 4.90. The maximum atomic E-state index is 13.4. The molecule has 1 aliphatic heterocycles. The minimum absolute atomic E-state index is 0.00733. The first-order valence-electron chi connectivity index (χ1n) is 4.90. The zero-order chi connectivity index (χ0) is 12.3. The van der Waals surface area contributed by atoms with Crippen LogP contribution in [-0.2, 0) is 9.53 Å². The maximum absolute atomic E-state index is 13.4. The Labute approximate surface area is 91.6 Å². The second kappa shape index (κ2) is 5.03. The summed E-state index contributed by atoms with van der Waals surface area (Å²) in [5.41, 5.74) is 0. The molecular weight excluding hydrogens is 224 g/mol. The van der Waals surface area contributed by atoms with Crippen molar-refractivity contribution in [3.05, 3.63) is 0 Å². The Bertz CT molecular complexity index is 262. The van der Waals surface area contributed by atoms with Gasteiger partial charge < -0.3 is 19.8 Å². The molecule has 7 heteroatoms. The fourth-order valence-corrected chi connectivity index (χ4v) is 1.69. The SMILES string of the molecule is CO[C@H]1CCN(C(=O)[C@@H](O)CO)CC1(F)F. The number of aliphatic hydroxyl groups excluding tert-OH is 2. The van der Waals surface area contributed by atoms with Crippen LogP contribution < -0.4 is 0 Å². The number of methoxy groups -OCH3 is 1. The molecule has 0 bridgehead atoms. The summed E-state index contributed by atoms with van der Waals surface area (Å²) in [6.07, 6.45) is -2.83. The van der Waals surface area contributed by atoms with Gasteiger partial charge in [0.1, 0.15) is 6.10 Å². The molecule has 0 aromatic rings. The molecule has 0 radical (unpaired) electrons. The van der Waals surface area contributed by atoms with Crippen molar-refractivity contribution in [1.29, 1.82) is 0 Å². The second-order valence-corrected chi connectivity index (χ2v) is 3.73. The van der Waals surface area contributed by atoms with Gasteiger partial charge in [-0.05, 0) is 6.42 Å². The lowest BCUT2D eigenvalue weighted by Gasteiger charge is -2.38. The lowest BCUT2D eigenvalue weighted by molar-refractivity contribution is -0.178. The van der Waals surface area contributed by atoms with Crippen LogP contribution in [0.5, 0.6) is 0 Å². The van der Waals surface area contributed by atoms with E-state index in [0.29, 0.717) is 0 Å². The van der Waals surface area contributed by atoms with Crippen LogP contribution in [0.15, 0.2) is 0 Å². The largest absolute Gasteiger partial charge is 0.393 e. The number of piperidine rings is 1. The molecule has 0 aromatic heterocycles. The Morgan fingerprint density at radius 3 is 2.75 bits per heavy atom. The molecule has 1 fully saturated rings. The van der Waals surface area contributed by atoms with Crippen molar-refractivity contribution in [2.45, 2.75) is 24.6 Å². The van der Waals surface area contributed by atoms with Crippen molar-refractivity contribution in [2.75, 3.05) is 26.8 Å². The highest BCUT2D eigenvalue weighted by Crippen LogP contribution is 2.29. The summed E-state index contributed by atoms with van der Waals surface area (Å²) < 4.78 is 31.4. The van der Waals surface area contributed by atoms with Crippen LogP contribution in [0.3, 0.4) is 0 Å². The summed E-state index contributed by atoms with van der Waals surface area (Å²) in [7, 11) is 1.19. The molecule has 0 aliphatic carbocycles. The molecule has 1 aliphatic rings. The first kappa shape index (κ1) is 13.3. The summed E-state index contributed by atoms with van der Waals surface area (Å²) in [4.78, 5) is 12.2. The number of carbonyl (C=O) groups excluding carboxylic acids is 1. The number of rotatable bonds is 3. The van der Waals surface area contributed by atoms with Crippen molar-refractivity contribution >= 4 is 5.91 Å². The highest BCUT2D eigenvalue weighted by Gasteiger charge is 2.46. The van der Waals surface area contributed by atoms with Crippen molar-refractivity contribution < 1.29 is 28.5 Å². The predicted octanol–water partition coefficient (Wildman–Crippen LogP) is -0.778. The van der Waals surface area contributed by atoms with E-state index in [1.807, 2.05) is 0 Å². The molecule has 1 amide bonds. The third-order valence-corrected chi connectivity index (χ3v) is 2.59. The fraction of sp³-hybridized carbons (Fsp3) is 0.889. The fourth-order valence-electron chi connectivity index (χ4n) is 1.69. The third kappa shape index (κ3) is 2.66. The minimum Gasteiger partial charge on any atom is -0.393 e. The third-order valence-electron chi connectivity index (χ3n) is 2.59. The van der Waals surface area contributed by atoms with E-state index in [1.165, 1.54) is 7.11 Å². The maximum Gasteiger partial charge on any atom is 0.290 e. The number of amides is 1. The number of halogens is 2. The van der Waals surface area contributed by atoms with E-state index in [-0.39, 0.29) is 13.0 Å². The van der Waals surface area contributed by atoms with Crippen molar-refractivity contribution in [3.63, 3.8) is 0 Å².